The third-order valence-electron chi connectivity index (χ3n) is 6.66. The van der Waals surface area contributed by atoms with Crippen molar-refractivity contribution in [3.63, 3.8) is 0 Å². The van der Waals surface area contributed by atoms with Gasteiger partial charge in [0.05, 0.1) is 152 Å². The van der Waals surface area contributed by atoms with E-state index in [-0.39, 0.29) is 12.2 Å². The maximum atomic E-state index is 11.9. The number of alkyl carbamates (subject to hydrolysis) is 1. The Morgan fingerprint density at radius 1 is 0.469 bits per heavy atom. The SMILES string of the molecule is COCCOCCOCCOCCOCCOCCOCCOCCOCCOCCOCCOCCNC(=O)OC1CC/C=C/CCC1. The average Bonchev–Trinajstić information content (AvgIpc) is 3.09. The molecule has 0 radical (unpaired) electrons. The van der Waals surface area contributed by atoms with Crippen molar-refractivity contribution in [2.75, 3.05) is 166 Å². The number of carbonyl (C=O) groups is 1. The first-order valence-electron chi connectivity index (χ1n) is 17.8. The summed E-state index contributed by atoms with van der Waals surface area (Å²) >= 11 is 0. The van der Waals surface area contributed by atoms with Gasteiger partial charge in [0.1, 0.15) is 6.10 Å². The summed E-state index contributed by atoms with van der Waals surface area (Å²) < 4.78 is 70.3. The van der Waals surface area contributed by atoms with E-state index < -0.39 is 0 Å². The third kappa shape index (κ3) is 36.1. The van der Waals surface area contributed by atoms with Gasteiger partial charge in [-0.1, -0.05) is 12.2 Å². The van der Waals surface area contributed by atoms with Crippen LogP contribution in [0.2, 0.25) is 0 Å². The lowest BCUT2D eigenvalue weighted by Gasteiger charge is -2.18. The van der Waals surface area contributed by atoms with Crippen LogP contribution in [-0.2, 0) is 61.6 Å². The van der Waals surface area contributed by atoms with Gasteiger partial charge in [0.15, 0.2) is 0 Å². The van der Waals surface area contributed by atoms with Gasteiger partial charge in [0.25, 0.3) is 0 Å². The molecule has 0 aromatic heterocycles. The number of ether oxygens (including phenoxy) is 13. The molecule has 0 fully saturated rings. The van der Waals surface area contributed by atoms with Crippen molar-refractivity contribution in [1.29, 1.82) is 0 Å². The van der Waals surface area contributed by atoms with Gasteiger partial charge < -0.3 is 66.9 Å². The zero-order chi connectivity index (χ0) is 35.0. The molecule has 0 saturated carbocycles. The van der Waals surface area contributed by atoms with Crippen LogP contribution in [-0.4, -0.2) is 178 Å². The van der Waals surface area contributed by atoms with Crippen LogP contribution in [0.15, 0.2) is 12.2 Å². The van der Waals surface area contributed by atoms with Crippen molar-refractivity contribution in [1.82, 2.24) is 5.32 Å². The first-order chi connectivity index (χ1) is 24.3. The fourth-order valence-corrected chi connectivity index (χ4v) is 4.11. The second kappa shape index (κ2) is 39.3. The third-order valence-corrected chi connectivity index (χ3v) is 6.66. The van der Waals surface area contributed by atoms with Gasteiger partial charge in [-0.05, 0) is 32.1 Å². The maximum absolute atomic E-state index is 11.9. The molecular formula is C34H65NO14. The lowest BCUT2D eigenvalue weighted by molar-refractivity contribution is -0.0280. The van der Waals surface area contributed by atoms with Crippen molar-refractivity contribution in [2.45, 2.75) is 38.2 Å². The van der Waals surface area contributed by atoms with Crippen LogP contribution in [0.4, 0.5) is 4.79 Å². The minimum atomic E-state index is -0.376. The fourth-order valence-electron chi connectivity index (χ4n) is 4.11. The summed E-state index contributed by atoms with van der Waals surface area (Å²) in [5.41, 5.74) is 0. The predicted octanol–water partition coefficient (Wildman–Crippen LogP) is 2.43. The zero-order valence-electron chi connectivity index (χ0n) is 30.0. The van der Waals surface area contributed by atoms with Crippen molar-refractivity contribution < 1.29 is 66.4 Å². The summed E-state index contributed by atoms with van der Waals surface area (Å²) in [7, 11) is 1.64. The van der Waals surface area contributed by atoms with E-state index in [2.05, 4.69) is 17.5 Å². The molecular weight excluding hydrogens is 646 g/mol. The number of methoxy groups -OCH3 is 1. The summed E-state index contributed by atoms with van der Waals surface area (Å²) in [5.74, 6) is 0. The molecule has 1 amide bonds. The van der Waals surface area contributed by atoms with E-state index in [1.807, 2.05) is 0 Å². The van der Waals surface area contributed by atoms with Gasteiger partial charge in [-0.2, -0.15) is 0 Å². The van der Waals surface area contributed by atoms with E-state index in [0.717, 1.165) is 32.1 Å². The van der Waals surface area contributed by atoms with Crippen LogP contribution in [0, 0.1) is 0 Å². The second-order valence-corrected chi connectivity index (χ2v) is 10.7. The minimum absolute atomic E-state index is 0.00715. The monoisotopic (exact) mass is 711 g/mol. The molecule has 1 N–H and O–H groups in total. The molecule has 0 aliphatic heterocycles. The van der Waals surface area contributed by atoms with Crippen LogP contribution in [0.5, 0.6) is 0 Å². The fraction of sp³-hybridized carbons (Fsp3) is 0.912. The van der Waals surface area contributed by atoms with E-state index in [1.165, 1.54) is 0 Å². The Hall–Kier alpha value is -1.47. The maximum Gasteiger partial charge on any atom is 0.407 e. The number of amides is 1. The quantitative estimate of drug-likeness (QED) is 0.0743. The molecule has 15 heteroatoms. The van der Waals surface area contributed by atoms with Crippen LogP contribution in [0.25, 0.3) is 0 Å². The number of carbonyl (C=O) groups excluding carboxylic acids is 1. The van der Waals surface area contributed by atoms with Crippen LogP contribution >= 0.6 is 0 Å². The molecule has 15 nitrogen and oxygen atoms in total. The second-order valence-electron chi connectivity index (χ2n) is 10.7. The largest absolute Gasteiger partial charge is 0.446 e. The highest BCUT2D eigenvalue weighted by Crippen LogP contribution is 2.15. The van der Waals surface area contributed by atoms with Crippen molar-refractivity contribution in [2.24, 2.45) is 0 Å². The molecule has 0 saturated heterocycles. The van der Waals surface area contributed by atoms with Gasteiger partial charge >= 0.3 is 6.09 Å². The number of allylic oxidation sites excluding steroid dienone is 2. The molecule has 1 unspecified atom stereocenters. The standard InChI is InChI=1S/C34H65NO14/c1-37-11-12-39-15-16-41-19-20-43-23-24-45-27-28-47-31-32-48-30-29-46-26-25-44-22-21-42-18-17-40-14-13-38-10-9-35-34(36)49-33-7-5-3-2-4-6-8-33/h2-3,33H,4-32H2,1H3,(H,35,36)/b3-2+. The normalized spacial score (nSPS) is 15.6. The number of rotatable bonds is 37. The van der Waals surface area contributed by atoms with Gasteiger partial charge in [0.2, 0.25) is 0 Å². The van der Waals surface area contributed by atoms with Gasteiger partial charge in [-0.15, -0.1) is 0 Å². The number of nitrogens with one attached hydrogen (secondary N) is 1. The Labute approximate surface area is 293 Å². The van der Waals surface area contributed by atoms with Crippen molar-refractivity contribution in [3.05, 3.63) is 12.2 Å². The number of hydrogen-bond acceptors (Lipinski definition) is 14. The minimum Gasteiger partial charge on any atom is -0.446 e. The summed E-state index contributed by atoms with van der Waals surface area (Å²) in [6.07, 6.45) is 8.81. The summed E-state index contributed by atoms with van der Waals surface area (Å²) in [4.78, 5) is 11.9. The lowest BCUT2D eigenvalue weighted by atomic mass is 10.0. The molecule has 0 aromatic rings. The first kappa shape index (κ1) is 45.6. The van der Waals surface area contributed by atoms with E-state index in [1.54, 1.807) is 7.11 Å². The van der Waals surface area contributed by atoms with Crippen LogP contribution in [0.3, 0.4) is 0 Å². The highest BCUT2D eigenvalue weighted by Gasteiger charge is 2.14. The van der Waals surface area contributed by atoms with Crippen LogP contribution in [0.1, 0.15) is 32.1 Å². The average molecular weight is 712 g/mol. The van der Waals surface area contributed by atoms with Gasteiger partial charge in [-0.25, -0.2) is 4.79 Å². The molecule has 0 bridgehead atoms. The van der Waals surface area contributed by atoms with Gasteiger partial charge in [0, 0.05) is 13.7 Å². The lowest BCUT2D eigenvalue weighted by Crippen LogP contribution is -2.31. The van der Waals surface area contributed by atoms with Crippen molar-refractivity contribution in [3.8, 4) is 0 Å². The molecule has 1 aliphatic rings. The Morgan fingerprint density at radius 2 is 0.796 bits per heavy atom. The smallest absolute Gasteiger partial charge is 0.407 e. The molecule has 1 rings (SSSR count). The number of hydrogen-bond donors (Lipinski definition) is 1. The van der Waals surface area contributed by atoms with Crippen LogP contribution < -0.4 is 5.32 Å². The molecule has 0 heterocycles. The Morgan fingerprint density at radius 3 is 1.16 bits per heavy atom. The first-order valence-corrected chi connectivity index (χ1v) is 17.8. The Kier molecular flexibility index (Phi) is 36.6. The summed E-state index contributed by atoms with van der Waals surface area (Å²) in [5, 5.41) is 2.74. The Bertz CT molecular complexity index is 706. The molecule has 1 aliphatic carbocycles. The predicted molar refractivity (Wildman–Crippen MR) is 181 cm³/mol. The molecule has 1 atom stereocenters. The summed E-state index contributed by atoms with van der Waals surface area (Å²) in [6.45, 7) is 12.0. The van der Waals surface area contributed by atoms with E-state index in [9.17, 15) is 4.79 Å². The van der Waals surface area contributed by atoms with E-state index >= 15 is 0 Å². The molecule has 0 aromatic carbocycles. The van der Waals surface area contributed by atoms with Gasteiger partial charge in [-0.3, -0.25) is 0 Å². The Balaban J connectivity index is 1.64. The van der Waals surface area contributed by atoms with E-state index in [0.29, 0.717) is 159 Å². The topological polar surface area (TPSA) is 149 Å². The molecule has 49 heavy (non-hydrogen) atoms. The van der Waals surface area contributed by atoms with Crippen molar-refractivity contribution >= 4 is 6.09 Å². The highest BCUT2D eigenvalue weighted by molar-refractivity contribution is 5.67. The zero-order valence-corrected chi connectivity index (χ0v) is 30.0. The molecule has 0 spiro atoms. The summed E-state index contributed by atoms with van der Waals surface area (Å²) in [6, 6.07) is 0. The van der Waals surface area contributed by atoms with E-state index in [4.69, 9.17) is 61.6 Å². The molecule has 290 valence electrons. The highest BCUT2D eigenvalue weighted by atomic mass is 16.6.